The monoisotopic (exact) mass is 276 g/mol. The lowest BCUT2D eigenvalue weighted by molar-refractivity contribution is 0.0000436. The normalized spacial score (nSPS) is 25.3. The fourth-order valence-electron chi connectivity index (χ4n) is 3.92. The van der Waals surface area contributed by atoms with Gasteiger partial charge in [-0.15, -0.1) is 0 Å². The highest BCUT2D eigenvalue weighted by molar-refractivity contribution is 6.91. The van der Waals surface area contributed by atoms with Gasteiger partial charge in [0.05, 0.1) is 13.7 Å². The molecule has 0 aliphatic heterocycles. The predicted octanol–water partition coefficient (Wildman–Crippen LogP) is 3.93. The van der Waals surface area contributed by atoms with Crippen molar-refractivity contribution in [3.8, 4) is 0 Å². The van der Waals surface area contributed by atoms with Crippen molar-refractivity contribution in [3.05, 3.63) is 30.3 Å². The summed E-state index contributed by atoms with van der Waals surface area (Å²) >= 11 is 0. The van der Waals surface area contributed by atoms with E-state index in [4.69, 9.17) is 0 Å². The van der Waals surface area contributed by atoms with E-state index in [9.17, 15) is 5.11 Å². The molecule has 0 spiro atoms. The van der Waals surface area contributed by atoms with Crippen molar-refractivity contribution in [1.82, 2.24) is 0 Å². The summed E-state index contributed by atoms with van der Waals surface area (Å²) in [5.41, 5.74) is 0.160. The summed E-state index contributed by atoms with van der Waals surface area (Å²) in [6.07, 6.45) is 5.10. The Morgan fingerprint density at radius 1 is 1.05 bits per heavy atom. The molecule has 0 unspecified atom stereocenters. The zero-order chi connectivity index (χ0) is 14.1. The lowest BCUT2D eigenvalue weighted by atomic mass is 9.78. The number of rotatable bonds is 3. The van der Waals surface area contributed by atoms with E-state index in [0.29, 0.717) is 11.5 Å². The molecule has 1 saturated carbocycles. The molecule has 1 aromatic carbocycles. The Bertz CT molecular complexity index is 405. The summed E-state index contributed by atoms with van der Waals surface area (Å²) in [5, 5.41) is 12.1. The molecule has 1 nitrogen and oxygen atoms in total. The first-order valence-corrected chi connectivity index (χ1v) is 10.7. The summed E-state index contributed by atoms with van der Waals surface area (Å²) in [4.78, 5) is 0. The SMILES string of the molecule is CC(C)(O)[C@H]1CCCC[C@@H]1[Si](C)(C)c1ccccc1. The maximum Gasteiger partial charge on any atom is 0.0840 e. The molecular formula is C17H28OSi. The van der Waals surface area contributed by atoms with Crippen molar-refractivity contribution < 1.29 is 5.11 Å². The van der Waals surface area contributed by atoms with Crippen molar-refractivity contribution in [2.45, 2.75) is 63.8 Å². The van der Waals surface area contributed by atoms with Crippen LogP contribution >= 0.6 is 0 Å². The maximum atomic E-state index is 10.5. The van der Waals surface area contributed by atoms with Crippen LogP contribution in [0, 0.1) is 5.92 Å². The minimum absolute atomic E-state index is 0.461. The van der Waals surface area contributed by atoms with E-state index >= 15 is 0 Å². The molecule has 1 aliphatic rings. The van der Waals surface area contributed by atoms with Crippen LogP contribution in [0.4, 0.5) is 0 Å². The fraction of sp³-hybridized carbons (Fsp3) is 0.647. The first-order valence-electron chi connectivity index (χ1n) is 7.61. The van der Waals surface area contributed by atoms with E-state index in [-0.39, 0.29) is 0 Å². The van der Waals surface area contributed by atoms with Crippen molar-refractivity contribution in [2.75, 3.05) is 0 Å². The van der Waals surface area contributed by atoms with Crippen LogP contribution < -0.4 is 5.19 Å². The van der Waals surface area contributed by atoms with E-state index in [1.165, 1.54) is 30.9 Å². The summed E-state index contributed by atoms with van der Waals surface area (Å²) in [7, 11) is -1.51. The average molecular weight is 276 g/mol. The van der Waals surface area contributed by atoms with Gasteiger partial charge in [-0.2, -0.15) is 0 Å². The number of benzene rings is 1. The second-order valence-electron chi connectivity index (χ2n) is 7.24. The van der Waals surface area contributed by atoms with E-state index < -0.39 is 13.7 Å². The van der Waals surface area contributed by atoms with E-state index in [0.717, 1.165) is 0 Å². The van der Waals surface area contributed by atoms with Crippen LogP contribution in [0.1, 0.15) is 39.5 Å². The van der Waals surface area contributed by atoms with Gasteiger partial charge in [0.15, 0.2) is 0 Å². The lowest BCUT2D eigenvalue weighted by Gasteiger charge is -2.46. The van der Waals surface area contributed by atoms with Gasteiger partial charge in [0.1, 0.15) is 0 Å². The second kappa shape index (κ2) is 5.41. The molecule has 1 fully saturated rings. The predicted molar refractivity (Wildman–Crippen MR) is 85.6 cm³/mol. The molecule has 106 valence electrons. The van der Waals surface area contributed by atoms with Gasteiger partial charge in [-0.25, -0.2) is 0 Å². The molecular weight excluding hydrogens is 248 g/mol. The first kappa shape index (κ1) is 14.8. The van der Waals surface area contributed by atoms with Gasteiger partial charge in [-0.3, -0.25) is 0 Å². The van der Waals surface area contributed by atoms with Gasteiger partial charge in [0, 0.05) is 0 Å². The van der Waals surface area contributed by atoms with Crippen LogP contribution in [0.2, 0.25) is 18.6 Å². The molecule has 0 bridgehead atoms. The van der Waals surface area contributed by atoms with Crippen molar-refractivity contribution in [3.63, 3.8) is 0 Å². The van der Waals surface area contributed by atoms with Crippen LogP contribution in [0.5, 0.6) is 0 Å². The molecule has 0 radical (unpaired) electrons. The van der Waals surface area contributed by atoms with E-state index in [2.05, 4.69) is 43.4 Å². The highest BCUT2D eigenvalue weighted by Gasteiger charge is 2.44. The van der Waals surface area contributed by atoms with Crippen molar-refractivity contribution in [1.29, 1.82) is 0 Å². The van der Waals surface area contributed by atoms with Crippen LogP contribution in [-0.2, 0) is 0 Å². The zero-order valence-electron chi connectivity index (χ0n) is 12.8. The highest BCUT2D eigenvalue weighted by Crippen LogP contribution is 2.46. The molecule has 1 aliphatic carbocycles. The third-order valence-electron chi connectivity index (χ3n) is 5.12. The molecule has 1 aromatic rings. The lowest BCUT2D eigenvalue weighted by Crippen LogP contribution is -2.53. The molecule has 0 saturated heterocycles. The minimum Gasteiger partial charge on any atom is -0.390 e. The van der Waals surface area contributed by atoms with Crippen LogP contribution in [0.15, 0.2) is 30.3 Å². The van der Waals surface area contributed by atoms with Gasteiger partial charge in [0.25, 0.3) is 0 Å². The molecule has 19 heavy (non-hydrogen) atoms. The number of hydrogen-bond donors (Lipinski definition) is 1. The standard InChI is InChI=1S/C17H28OSi/c1-17(2,18)15-12-8-9-13-16(15)19(3,4)14-10-6-5-7-11-14/h5-7,10-11,15-16,18H,8-9,12-13H2,1-4H3/t15-,16-/m0/s1. The zero-order valence-corrected chi connectivity index (χ0v) is 13.8. The Labute approximate surface area is 119 Å². The maximum absolute atomic E-state index is 10.5. The summed E-state index contributed by atoms with van der Waals surface area (Å²) < 4.78 is 0. The largest absolute Gasteiger partial charge is 0.390 e. The van der Waals surface area contributed by atoms with Crippen LogP contribution in [0.3, 0.4) is 0 Å². The van der Waals surface area contributed by atoms with Gasteiger partial charge in [-0.1, -0.05) is 67.9 Å². The number of aliphatic hydroxyl groups is 1. The first-order chi connectivity index (χ1) is 8.83. The Hall–Kier alpha value is -0.603. The fourth-order valence-corrected chi connectivity index (χ4v) is 7.91. The van der Waals surface area contributed by atoms with Gasteiger partial charge < -0.3 is 5.11 Å². The Morgan fingerprint density at radius 2 is 1.63 bits per heavy atom. The Morgan fingerprint density at radius 3 is 2.21 bits per heavy atom. The molecule has 0 aromatic heterocycles. The van der Waals surface area contributed by atoms with Gasteiger partial charge in [-0.05, 0) is 31.7 Å². The van der Waals surface area contributed by atoms with E-state index in [1.54, 1.807) is 0 Å². The quantitative estimate of drug-likeness (QED) is 0.829. The van der Waals surface area contributed by atoms with Crippen molar-refractivity contribution >= 4 is 13.3 Å². The van der Waals surface area contributed by atoms with Gasteiger partial charge in [0.2, 0.25) is 0 Å². The summed E-state index contributed by atoms with van der Waals surface area (Å²) in [6.45, 7) is 8.98. The topological polar surface area (TPSA) is 20.2 Å². The number of hydrogen-bond acceptors (Lipinski definition) is 1. The smallest absolute Gasteiger partial charge is 0.0840 e. The molecule has 2 rings (SSSR count). The third-order valence-corrected chi connectivity index (χ3v) is 9.48. The molecule has 2 heteroatoms. The molecule has 2 atom stereocenters. The van der Waals surface area contributed by atoms with E-state index in [1.807, 2.05) is 13.8 Å². The Kier molecular flexibility index (Phi) is 4.22. The third kappa shape index (κ3) is 3.11. The van der Waals surface area contributed by atoms with Crippen LogP contribution in [-0.4, -0.2) is 18.8 Å². The minimum atomic E-state index is -1.51. The second-order valence-corrected chi connectivity index (χ2v) is 12.0. The van der Waals surface area contributed by atoms with Crippen molar-refractivity contribution in [2.24, 2.45) is 5.92 Å². The average Bonchev–Trinajstić information content (AvgIpc) is 2.39. The highest BCUT2D eigenvalue weighted by atomic mass is 28.3. The molecule has 1 N–H and O–H groups in total. The van der Waals surface area contributed by atoms with Crippen LogP contribution in [0.25, 0.3) is 0 Å². The summed E-state index contributed by atoms with van der Waals surface area (Å²) in [5.74, 6) is 0.461. The molecule has 0 heterocycles. The van der Waals surface area contributed by atoms with Gasteiger partial charge >= 0.3 is 0 Å². The summed E-state index contributed by atoms with van der Waals surface area (Å²) in [6, 6.07) is 11.0. The molecule has 0 amide bonds. The Balaban J connectivity index is 2.32.